The summed E-state index contributed by atoms with van der Waals surface area (Å²) < 4.78 is 39.7. The first-order valence-corrected chi connectivity index (χ1v) is 20.2. The van der Waals surface area contributed by atoms with Crippen LogP contribution in [0, 0.1) is 5.92 Å². The number of alkyl carbamates (subject to hydrolysis) is 1. The van der Waals surface area contributed by atoms with Crippen molar-refractivity contribution in [2.24, 2.45) is 5.92 Å². The van der Waals surface area contributed by atoms with Crippen LogP contribution in [0.4, 0.5) is 4.79 Å². The molecule has 0 radical (unpaired) electrons. The molecule has 1 saturated heterocycles. The van der Waals surface area contributed by atoms with Crippen LogP contribution >= 0.6 is 0 Å². The number of hydrogen-bond donors (Lipinski definition) is 3. The number of benzene rings is 2. The Morgan fingerprint density at radius 2 is 1.83 bits per heavy atom. The summed E-state index contributed by atoms with van der Waals surface area (Å²) >= 11 is 0. The Morgan fingerprint density at radius 1 is 1.06 bits per heavy atom. The molecule has 2 heterocycles. The highest BCUT2D eigenvalue weighted by molar-refractivity contribution is 7.91. The minimum Gasteiger partial charge on any atom is -0.488 e. The third-order valence-corrected chi connectivity index (χ3v) is 12.4. The average Bonchev–Trinajstić information content (AvgIpc) is 4.06. The van der Waals surface area contributed by atoms with E-state index in [1.165, 1.54) is 11.0 Å². The molecule has 4 amide bonds. The molecule has 6 rings (SSSR count). The first-order chi connectivity index (χ1) is 25.0. The lowest BCUT2D eigenvalue weighted by molar-refractivity contribution is -0.141. The number of rotatable bonds is 10. The lowest BCUT2D eigenvalue weighted by atomic mass is 9.99. The maximum Gasteiger partial charge on any atom is 0.407 e. The second kappa shape index (κ2) is 16.1. The molecule has 1 unspecified atom stereocenters. The number of carbonyl (C=O) groups is 4. The molecule has 2 aliphatic heterocycles. The summed E-state index contributed by atoms with van der Waals surface area (Å²) in [5, 5.41) is 4.96. The van der Waals surface area contributed by atoms with E-state index >= 15 is 0 Å². The van der Waals surface area contributed by atoms with Crippen molar-refractivity contribution in [2.45, 2.75) is 113 Å². The fraction of sp³-hybridized carbons (Fsp3) is 0.538. The predicted molar refractivity (Wildman–Crippen MR) is 196 cm³/mol. The Kier molecular flexibility index (Phi) is 11.6. The van der Waals surface area contributed by atoms with Crippen molar-refractivity contribution in [3.63, 3.8) is 0 Å². The van der Waals surface area contributed by atoms with Crippen LogP contribution in [-0.2, 0) is 35.6 Å². The van der Waals surface area contributed by atoms with E-state index in [2.05, 4.69) is 34.1 Å². The zero-order chi connectivity index (χ0) is 36.9. The first kappa shape index (κ1) is 37.4. The summed E-state index contributed by atoms with van der Waals surface area (Å²) in [6.45, 7) is 6.06. The van der Waals surface area contributed by atoms with Gasteiger partial charge < -0.3 is 25.0 Å². The monoisotopic (exact) mass is 734 g/mol. The molecule has 3 fully saturated rings. The molecule has 52 heavy (non-hydrogen) atoms. The SMILES string of the molecule is C=CC1C[C@]1(NC(=O)[C@@H]1C[C@@H]2CN1C(=O)[C@H](CCCC)NC(=O)OCCCCCCc1ccc(-c3ccccc3)cc1O2)C(=O)NS(=O)(=O)C1CC1. The van der Waals surface area contributed by atoms with Gasteiger partial charge in [0.2, 0.25) is 21.8 Å². The molecule has 2 saturated carbocycles. The van der Waals surface area contributed by atoms with Crippen LogP contribution in [0.2, 0.25) is 0 Å². The smallest absolute Gasteiger partial charge is 0.407 e. The van der Waals surface area contributed by atoms with E-state index in [1.807, 2.05) is 43.3 Å². The molecular weight excluding hydrogens is 685 g/mol. The van der Waals surface area contributed by atoms with Crippen LogP contribution in [0.1, 0.15) is 83.1 Å². The van der Waals surface area contributed by atoms with Crippen molar-refractivity contribution >= 4 is 33.8 Å². The van der Waals surface area contributed by atoms with Gasteiger partial charge in [-0.3, -0.25) is 19.1 Å². The molecule has 2 bridgehead atoms. The largest absolute Gasteiger partial charge is 0.488 e. The Morgan fingerprint density at radius 3 is 2.54 bits per heavy atom. The second-order valence-electron chi connectivity index (χ2n) is 14.5. The fourth-order valence-electron chi connectivity index (χ4n) is 7.24. The number of cyclic esters (lactones) is 1. The molecule has 0 aromatic heterocycles. The highest BCUT2D eigenvalue weighted by atomic mass is 32.2. The maximum absolute atomic E-state index is 14.4. The van der Waals surface area contributed by atoms with Crippen molar-refractivity contribution in [3.8, 4) is 16.9 Å². The number of carbonyl (C=O) groups excluding carboxylic acids is 4. The minimum absolute atomic E-state index is 0.0609. The van der Waals surface area contributed by atoms with E-state index < -0.39 is 68.7 Å². The molecule has 2 aromatic carbocycles. The molecular formula is C39H50N4O8S. The van der Waals surface area contributed by atoms with Gasteiger partial charge in [0, 0.05) is 12.3 Å². The summed E-state index contributed by atoms with van der Waals surface area (Å²) in [6.07, 6.45) is 7.44. The van der Waals surface area contributed by atoms with Gasteiger partial charge in [-0.05, 0) is 67.7 Å². The molecule has 2 aliphatic carbocycles. The fourth-order valence-corrected chi connectivity index (χ4v) is 8.60. The van der Waals surface area contributed by atoms with E-state index in [4.69, 9.17) is 9.47 Å². The number of ether oxygens (including phenoxy) is 2. The molecule has 13 heteroatoms. The number of unbranched alkanes of at least 4 members (excludes halogenated alkanes) is 1. The summed E-state index contributed by atoms with van der Waals surface area (Å²) in [6, 6.07) is 14.1. The van der Waals surface area contributed by atoms with Crippen molar-refractivity contribution in [2.75, 3.05) is 13.2 Å². The Bertz CT molecular complexity index is 1760. The van der Waals surface area contributed by atoms with E-state index in [1.54, 1.807) is 0 Å². The second-order valence-corrected chi connectivity index (χ2v) is 16.5. The van der Waals surface area contributed by atoms with E-state index in [-0.39, 0.29) is 26.0 Å². The van der Waals surface area contributed by atoms with Crippen LogP contribution in [0.5, 0.6) is 5.75 Å². The highest BCUT2D eigenvalue weighted by Crippen LogP contribution is 2.45. The molecule has 5 atom stereocenters. The quantitative estimate of drug-likeness (QED) is 0.295. The molecule has 4 aliphatic rings. The van der Waals surface area contributed by atoms with E-state index in [0.29, 0.717) is 37.9 Å². The topological polar surface area (TPSA) is 160 Å². The van der Waals surface area contributed by atoms with Crippen molar-refractivity contribution in [3.05, 3.63) is 66.7 Å². The zero-order valence-corrected chi connectivity index (χ0v) is 30.6. The van der Waals surface area contributed by atoms with Gasteiger partial charge >= 0.3 is 6.09 Å². The van der Waals surface area contributed by atoms with E-state index in [0.717, 1.165) is 48.8 Å². The van der Waals surface area contributed by atoms with Crippen LogP contribution in [-0.4, -0.2) is 79.3 Å². The number of aryl methyl sites for hydroxylation is 1. The Balaban J connectivity index is 1.31. The molecule has 280 valence electrons. The van der Waals surface area contributed by atoms with Gasteiger partial charge in [-0.1, -0.05) is 81.1 Å². The minimum atomic E-state index is -3.87. The normalized spacial score (nSPS) is 26.8. The summed E-state index contributed by atoms with van der Waals surface area (Å²) in [5.74, 6) is -1.68. The lowest BCUT2D eigenvalue weighted by Crippen LogP contribution is -2.58. The third-order valence-electron chi connectivity index (χ3n) is 10.6. The van der Waals surface area contributed by atoms with Gasteiger partial charge in [-0.25, -0.2) is 13.2 Å². The number of amides is 4. The number of hydrogen-bond acceptors (Lipinski definition) is 8. The highest BCUT2D eigenvalue weighted by Gasteiger charge is 2.62. The van der Waals surface area contributed by atoms with Crippen LogP contribution < -0.4 is 20.1 Å². The Hall–Kier alpha value is -4.39. The van der Waals surface area contributed by atoms with Crippen LogP contribution in [0.15, 0.2) is 61.2 Å². The van der Waals surface area contributed by atoms with Gasteiger partial charge in [0.15, 0.2) is 0 Å². The predicted octanol–water partition coefficient (Wildman–Crippen LogP) is 4.77. The first-order valence-electron chi connectivity index (χ1n) is 18.6. The van der Waals surface area contributed by atoms with Crippen LogP contribution in [0.3, 0.4) is 0 Å². The number of sulfonamides is 1. The average molecular weight is 735 g/mol. The summed E-state index contributed by atoms with van der Waals surface area (Å²) in [5.41, 5.74) is 1.51. The molecule has 0 spiro atoms. The van der Waals surface area contributed by atoms with E-state index in [9.17, 15) is 27.6 Å². The molecule has 2 aromatic rings. The summed E-state index contributed by atoms with van der Waals surface area (Å²) in [4.78, 5) is 56.4. The maximum atomic E-state index is 14.4. The van der Waals surface area contributed by atoms with Gasteiger partial charge in [-0.2, -0.15) is 0 Å². The lowest BCUT2D eigenvalue weighted by Gasteiger charge is -2.29. The van der Waals surface area contributed by atoms with Gasteiger partial charge in [-0.15, -0.1) is 6.58 Å². The number of fused-ring (bicyclic) bond motifs is 3. The zero-order valence-electron chi connectivity index (χ0n) is 29.8. The third kappa shape index (κ3) is 8.62. The molecule has 3 N–H and O–H groups in total. The Labute approximate surface area is 306 Å². The number of nitrogens with one attached hydrogen (secondary N) is 3. The molecule has 12 nitrogen and oxygen atoms in total. The summed E-state index contributed by atoms with van der Waals surface area (Å²) in [7, 11) is -3.87. The van der Waals surface area contributed by atoms with Crippen molar-refractivity contribution < 1.29 is 37.1 Å². The van der Waals surface area contributed by atoms with Crippen molar-refractivity contribution in [1.82, 2.24) is 20.3 Å². The standard InChI is InChI=1S/C39H50N4O8S/c1-3-5-16-32-36(45)43-25-30(23-33(43)35(44)41-39(24-29(39)4-2)37(46)42-52(48,49)31-19-20-31)51-34-22-28(26-13-10-8-11-14-26)18-17-27(34)15-9-6-7-12-21-50-38(47)40-32/h4,8,10-11,13-14,17-18,22,29-33H,2-3,5-7,9,12,15-16,19-21,23-25H2,1H3,(H,40,47)(H,41,44)(H,42,46)/t29?,30-,32+,33+,39-/m1/s1. The van der Waals surface area contributed by atoms with Gasteiger partial charge in [0.25, 0.3) is 5.91 Å². The van der Waals surface area contributed by atoms with Gasteiger partial charge in [0.1, 0.15) is 29.5 Å². The van der Waals surface area contributed by atoms with Crippen LogP contribution in [0.25, 0.3) is 11.1 Å². The van der Waals surface area contributed by atoms with Crippen molar-refractivity contribution in [1.29, 1.82) is 0 Å². The van der Waals surface area contributed by atoms with Gasteiger partial charge in [0.05, 0.1) is 18.4 Å². The number of nitrogens with zero attached hydrogens (tertiary/aromatic N) is 1.